The van der Waals surface area contributed by atoms with Crippen molar-refractivity contribution >= 4 is 11.0 Å². The molecule has 3 aromatic rings. The van der Waals surface area contributed by atoms with E-state index in [1.54, 1.807) is 37.4 Å². The maximum Gasteiger partial charge on any atom is 0.235 e. The molecule has 1 N–H and O–H groups in total. The number of nitrogens with zero attached hydrogens (tertiary/aromatic N) is 1. The number of fused-ring (bicyclic) bond motifs is 1. The van der Waals surface area contributed by atoms with E-state index in [2.05, 4.69) is 11.8 Å². The zero-order valence-electron chi connectivity index (χ0n) is 16.7. The molecular weight excluding hydrogens is 370 g/mol. The third kappa shape index (κ3) is 3.93. The predicted octanol–water partition coefficient (Wildman–Crippen LogP) is 4.53. The van der Waals surface area contributed by atoms with Crippen molar-refractivity contribution in [1.82, 2.24) is 4.90 Å². The maximum atomic E-state index is 13.0. The molecule has 0 aliphatic carbocycles. The van der Waals surface area contributed by atoms with Crippen molar-refractivity contribution in [2.75, 3.05) is 20.2 Å². The Hall–Kier alpha value is -2.99. The molecule has 2 heterocycles. The summed E-state index contributed by atoms with van der Waals surface area (Å²) in [4.78, 5) is 15.3. The summed E-state index contributed by atoms with van der Waals surface area (Å²) in [5.41, 5.74) is 0.753. The number of phenolic OH excluding ortho intramolecular Hbond substituents is 1. The minimum Gasteiger partial charge on any atom is -0.507 e. The predicted molar refractivity (Wildman–Crippen MR) is 111 cm³/mol. The second-order valence-corrected chi connectivity index (χ2v) is 7.60. The van der Waals surface area contributed by atoms with E-state index in [9.17, 15) is 9.90 Å². The summed E-state index contributed by atoms with van der Waals surface area (Å²) >= 11 is 0. The molecule has 0 saturated carbocycles. The Morgan fingerprint density at radius 1 is 1.17 bits per heavy atom. The molecule has 6 heteroatoms. The Morgan fingerprint density at radius 2 is 1.97 bits per heavy atom. The van der Waals surface area contributed by atoms with Gasteiger partial charge in [0.2, 0.25) is 11.2 Å². The van der Waals surface area contributed by atoms with Crippen LogP contribution in [0.3, 0.4) is 0 Å². The number of piperidine rings is 1. The second kappa shape index (κ2) is 8.17. The lowest BCUT2D eigenvalue weighted by molar-refractivity contribution is 0.175. The summed E-state index contributed by atoms with van der Waals surface area (Å²) in [5, 5.41) is 10.8. The number of rotatable bonds is 5. The van der Waals surface area contributed by atoms with Crippen LogP contribution in [0, 0.1) is 5.92 Å². The van der Waals surface area contributed by atoms with E-state index < -0.39 is 0 Å². The van der Waals surface area contributed by atoms with Gasteiger partial charge in [0.1, 0.15) is 17.6 Å². The lowest BCUT2D eigenvalue weighted by atomic mass is 9.99. The van der Waals surface area contributed by atoms with Gasteiger partial charge >= 0.3 is 0 Å². The van der Waals surface area contributed by atoms with Crippen LogP contribution in [0.1, 0.15) is 25.3 Å². The van der Waals surface area contributed by atoms with Gasteiger partial charge < -0.3 is 19.0 Å². The number of hydrogen-bond acceptors (Lipinski definition) is 6. The Labute approximate surface area is 169 Å². The molecule has 0 spiro atoms. The van der Waals surface area contributed by atoms with Gasteiger partial charge in [-0.2, -0.15) is 0 Å². The molecule has 1 aromatic heterocycles. The van der Waals surface area contributed by atoms with Gasteiger partial charge in [-0.1, -0.05) is 19.1 Å². The summed E-state index contributed by atoms with van der Waals surface area (Å²) in [5.74, 6) is 1.79. The van der Waals surface area contributed by atoms with Crippen molar-refractivity contribution in [2.24, 2.45) is 5.92 Å². The quantitative estimate of drug-likeness (QED) is 0.684. The number of likely N-dealkylation sites (tertiary alicyclic amines) is 1. The van der Waals surface area contributed by atoms with Gasteiger partial charge in [0.15, 0.2) is 11.5 Å². The van der Waals surface area contributed by atoms with Crippen LogP contribution in [0.25, 0.3) is 11.0 Å². The van der Waals surface area contributed by atoms with Gasteiger partial charge in [0, 0.05) is 13.1 Å². The van der Waals surface area contributed by atoms with Crippen molar-refractivity contribution < 1.29 is 19.0 Å². The molecule has 1 aliphatic rings. The highest BCUT2D eigenvalue weighted by Gasteiger charge is 2.21. The number of benzene rings is 2. The monoisotopic (exact) mass is 395 g/mol. The van der Waals surface area contributed by atoms with Crippen LogP contribution < -0.4 is 14.9 Å². The number of methoxy groups -OCH3 is 1. The van der Waals surface area contributed by atoms with Crippen LogP contribution in [0.15, 0.2) is 51.9 Å². The molecule has 1 atom stereocenters. The first-order valence-corrected chi connectivity index (χ1v) is 9.86. The van der Waals surface area contributed by atoms with Crippen LogP contribution in [-0.2, 0) is 6.54 Å². The first kappa shape index (κ1) is 19.3. The summed E-state index contributed by atoms with van der Waals surface area (Å²) in [6.45, 7) is 4.72. The van der Waals surface area contributed by atoms with Crippen LogP contribution in [-0.4, -0.2) is 30.2 Å². The smallest absolute Gasteiger partial charge is 0.235 e. The largest absolute Gasteiger partial charge is 0.507 e. The fraction of sp³-hybridized carbons (Fsp3) is 0.348. The van der Waals surface area contributed by atoms with Crippen LogP contribution in [0.4, 0.5) is 0 Å². The molecule has 0 amide bonds. The third-order valence-corrected chi connectivity index (χ3v) is 5.40. The van der Waals surface area contributed by atoms with Gasteiger partial charge in [0.05, 0.1) is 18.1 Å². The molecule has 1 saturated heterocycles. The SMILES string of the molecule is COc1ccccc1Oc1coc2c(CN3CCC[C@@H](C)C3)c(O)ccc2c1=O. The number of hydrogen-bond donors (Lipinski definition) is 1. The lowest BCUT2D eigenvalue weighted by Gasteiger charge is -2.31. The van der Waals surface area contributed by atoms with Crippen molar-refractivity contribution in [2.45, 2.75) is 26.3 Å². The fourth-order valence-electron chi connectivity index (χ4n) is 3.93. The van der Waals surface area contributed by atoms with Gasteiger partial charge in [-0.25, -0.2) is 0 Å². The molecule has 152 valence electrons. The molecule has 0 bridgehead atoms. The zero-order valence-corrected chi connectivity index (χ0v) is 16.7. The van der Waals surface area contributed by atoms with Crippen LogP contribution >= 0.6 is 0 Å². The number of ether oxygens (including phenoxy) is 2. The number of phenols is 1. The molecule has 29 heavy (non-hydrogen) atoms. The molecule has 4 rings (SSSR count). The van der Waals surface area contributed by atoms with Gasteiger partial charge in [-0.05, 0) is 49.6 Å². The molecule has 0 radical (unpaired) electrons. The van der Waals surface area contributed by atoms with Crippen molar-refractivity contribution in [3.8, 4) is 23.0 Å². The van der Waals surface area contributed by atoms with E-state index in [0.717, 1.165) is 19.5 Å². The highest BCUT2D eigenvalue weighted by molar-refractivity contribution is 5.83. The summed E-state index contributed by atoms with van der Waals surface area (Å²) in [6.07, 6.45) is 3.66. The van der Waals surface area contributed by atoms with E-state index in [1.165, 1.54) is 12.7 Å². The molecule has 2 aromatic carbocycles. The molecule has 1 fully saturated rings. The topological polar surface area (TPSA) is 72.1 Å². The molecule has 0 unspecified atom stereocenters. The van der Waals surface area contributed by atoms with E-state index in [1.807, 2.05) is 6.07 Å². The lowest BCUT2D eigenvalue weighted by Crippen LogP contribution is -2.33. The highest BCUT2D eigenvalue weighted by atomic mass is 16.5. The zero-order chi connectivity index (χ0) is 20.4. The number of aromatic hydroxyl groups is 1. The molecular formula is C23H25NO5. The first-order chi connectivity index (χ1) is 14.1. The Kier molecular flexibility index (Phi) is 5.45. The molecule has 6 nitrogen and oxygen atoms in total. The summed E-state index contributed by atoms with van der Waals surface area (Å²) in [7, 11) is 1.54. The van der Waals surface area contributed by atoms with Gasteiger partial charge in [-0.3, -0.25) is 9.69 Å². The normalized spacial score (nSPS) is 17.4. The Bertz CT molecular complexity index is 1070. The minimum atomic E-state index is -0.287. The van der Waals surface area contributed by atoms with Crippen molar-refractivity contribution in [1.29, 1.82) is 0 Å². The van der Waals surface area contributed by atoms with E-state index in [4.69, 9.17) is 13.9 Å². The standard InChI is InChI=1S/C23H25NO5/c1-15-6-5-11-24(12-15)13-17-18(25)10-9-16-22(26)21(14-28-23(16)17)29-20-8-4-3-7-19(20)27-2/h3-4,7-10,14-15,25H,5-6,11-13H2,1-2H3/t15-/m1/s1. The number of para-hydroxylation sites is 2. The first-order valence-electron chi connectivity index (χ1n) is 9.86. The third-order valence-electron chi connectivity index (χ3n) is 5.40. The Morgan fingerprint density at radius 3 is 2.72 bits per heavy atom. The average molecular weight is 395 g/mol. The van der Waals surface area contributed by atoms with Crippen LogP contribution in [0.5, 0.6) is 23.0 Å². The van der Waals surface area contributed by atoms with Crippen molar-refractivity contribution in [3.63, 3.8) is 0 Å². The van der Waals surface area contributed by atoms with E-state index in [0.29, 0.717) is 40.5 Å². The van der Waals surface area contributed by atoms with Gasteiger partial charge in [0.25, 0.3) is 0 Å². The van der Waals surface area contributed by atoms with E-state index >= 15 is 0 Å². The van der Waals surface area contributed by atoms with Crippen LogP contribution in [0.2, 0.25) is 0 Å². The molecule has 1 aliphatic heterocycles. The second-order valence-electron chi connectivity index (χ2n) is 7.60. The van der Waals surface area contributed by atoms with Gasteiger partial charge in [-0.15, -0.1) is 0 Å². The maximum absolute atomic E-state index is 13.0. The summed E-state index contributed by atoms with van der Waals surface area (Å²) in [6, 6.07) is 10.2. The van der Waals surface area contributed by atoms with E-state index in [-0.39, 0.29) is 16.9 Å². The fourth-order valence-corrected chi connectivity index (χ4v) is 3.93. The highest BCUT2D eigenvalue weighted by Crippen LogP contribution is 2.33. The van der Waals surface area contributed by atoms with Crippen molar-refractivity contribution in [3.05, 3.63) is 58.4 Å². The Balaban J connectivity index is 1.70. The average Bonchev–Trinajstić information content (AvgIpc) is 2.72. The summed E-state index contributed by atoms with van der Waals surface area (Å²) < 4.78 is 16.8. The minimum absolute atomic E-state index is 0.0743.